The van der Waals surface area contributed by atoms with Gasteiger partial charge in [-0.25, -0.2) is 4.79 Å². The first-order valence-electron chi connectivity index (χ1n) is 3.08. The van der Waals surface area contributed by atoms with E-state index in [1.54, 1.807) is 0 Å². The van der Waals surface area contributed by atoms with Crippen LogP contribution in [0.1, 0.15) is 13.8 Å². The van der Waals surface area contributed by atoms with Crippen LogP contribution in [0.3, 0.4) is 0 Å². The molecule has 0 spiro atoms. The molecule has 0 amide bonds. The monoisotopic (exact) mass is 302 g/mol. The summed E-state index contributed by atoms with van der Waals surface area (Å²) in [4.78, 5) is 21.5. The molecule has 0 fully saturated rings. The summed E-state index contributed by atoms with van der Waals surface area (Å²) in [6, 6.07) is 0. The Balaban J connectivity index is 4.60. The third kappa shape index (κ3) is 2.45. The standard InChI is InChI=1S/C6H8Br2O4/c1-3(4(9)10)6(2,7)5(11)12-8/h3H,1-2H3,(H,9,10). The molecule has 0 bridgehead atoms. The van der Waals surface area contributed by atoms with Crippen molar-refractivity contribution in [2.75, 3.05) is 0 Å². The van der Waals surface area contributed by atoms with Gasteiger partial charge in [0.25, 0.3) is 0 Å². The highest BCUT2D eigenvalue weighted by molar-refractivity contribution is 9.10. The lowest BCUT2D eigenvalue weighted by atomic mass is 9.96. The lowest BCUT2D eigenvalue weighted by Crippen LogP contribution is -2.39. The predicted octanol–water partition coefficient (Wildman–Crippen LogP) is 1.71. The zero-order valence-electron chi connectivity index (χ0n) is 6.51. The second kappa shape index (κ2) is 4.23. The van der Waals surface area contributed by atoms with Crippen molar-refractivity contribution < 1.29 is 18.5 Å². The summed E-state index contributed by atoms with van der Waals surface area (Å²) in [5, 5.41) is 8.61. The summed E-state index contributed by atoms with van der Waals surface area (Å²) in [6.07, 6.45) is 0. The van der Waals surface area contributed by atoms with E-state index >= 15 is 0 Å². The topological polar surface area (TPSA) is 63.6 Å². The van der Waals surface area contributed by atoms with Gasteiger partial charge in [0.2, 0.25) is 0 Å². The molecule has 0 saturated heterocycles. The van der Waals surface area contributed by atoms with Gasteiger partial charge in [0.1, 0.15) is 4.32 Å². The SMILES string of the molecule is CC(C(=O)O)C(C)(Br)C(=O)OBr. The summed E-state index contributed by atoms with van der Waals surface area (Å²) < 4.78 is 3.04. The first-order chi connectivity index (χ1) is 5.34. The minimum absolute atomic E-state index is 0.669. The second-order valence-electron chi connectivity index (χ2n) is 2.50. The van der Waals surface area contributed by atoms with E-state index in [2.05, 4.69) is 36.0 Å². The Bertz CT molecular complexity index is 202. The predicted molar refractivity (Wildman–Crippen MR) is 49.2 cm³/mol. The Hall–Kier alpha value is -0.100. The van der Waals surface area contributed by atoms with E-state index in [4.69, 9.17) is 5.11 Å². The molecule has 12 heavy (non-hydrogen) atoms. The van der Waals surface area contributed by atoms with Gasteiger partial charge < -0.3 is 8.93 Å². The lowest BCUT2D eigenvalue weighted by Gasteiger charge is -2.22. The quantitative estimate of drug-likeness (QED) is 0.806. The van der Waals surface area contributed by atoms with Crippen molar-refractivity contribution in [3.8, 4) is 0 Å². The molecule has 2 unspecified atom stereocenters. The van der Waals surface area contributed by atoms with E-state index < -0.39 is 22.2 Å². The van der Waals surface area contributed by atoms with E-state index in [-0.39, 0.29) is 0 Å². The molecule has 0 aliphatic carbocycles. The van der Waals surface area contributed by atoms with Crippen LogP contribution >= 0.6 is 32.2 Å². The molecular formula is C6H8Br2O4. The number of carbonyl (C=O) groups excluding carboxylic acids is 1. The first-order valence-corrected chi connectivity index (χ1v) is 4.52. The minimum Gasteiger partial charge on any atom is -0.481 e. The van der Waals surface area contributed by atoms with Crippen LogP contribution in [0, 0.1) is 5.92 Å². The van der Waals surface area contributed by atoms with E-state index in [1.807, 2.05) is 0 Å². The summed E-state index contributed by atoms with van der Waals surface area (Å²) in [7, 11) is 0. The molecule has 0 saturated carbocycles. The maximum atomic E-state index is 11.0. The highest BCUT2D eigenvalue weighted by Gasteiger charge is 2.41. The Morgan fingerprint density at radius 2 is 2.00 bits per heavy atom. The minimum atomic E-state index is -1.21. The van der Waals surface area contributed by atoms with Crippen LogP contribution in [0.4, 0.5) is 0 Å². The molecule has 0 aromatic rings. The van der Waals surface area contributed by atoms with Crippen molar-refractivity contribution in [3.05, 3.63) is 0 Å². The fourth-order valence-electron chi connectivity index (χ4n) is 0.484. The Kier molecular flexibility index (Phi) is 4.19. The van der Waals surface area contributed by atoms with Crippen LogP contribution in [0.15, 0.2) is 0 Å². The van der Waals surface area contributed by atoms with Crippen LogP contribution in [-0.2, 0) is 13.4 Å². The molecule has 0 radical (unpaired) electrons. The normalized spacial score (nSPS) is 17.7. The number of hydrogen-bond acceptors (Lipinski definition) is 3. The molecule has 0 aliphatic heterocycles. The van der Waals surface area contributed by atoms with E-state index in [0.717, 1.165) is 0 Å². The molecule has 4 nitrogen and oxygen atoms in total. The van der Waals surface area contributed by atoms with E-state index in [9.17, 15) is 9.59 Å². The van der Waals surface area contributed by atoms with Crippen LogP contribution in [-0.4, -0.2) is 21.4 Å². The summed E-state index contributed by atoms with van der Waals surface area (Å²) in [5.41, 5.74) is 0. The lowest BCUT2D eigenvalue weighted by molar-refractivity contribution is -0.147. The van der Waals surface area contributed by atoms with Gasteiger partial charge in [0, 0.05) is 0 Å². The van der Waals surface area contributed by atoms with Gasteiger partial charge in [0.15, 0.2) is 16.3 Å². The van der Waals surface area contributed by atoms with Crippen LogP contribution < -0.4 is 0 Å². The van der Waals surface area contributed by atoms with Crippen molar-refractivity contribution in [2.45, 2.75) is 18.2 Å². The van der Waals surface area contributed by atoms with Gasteiger partial charge in [-0.15, -0.1) is 0 Å². The Labute approximate surface area is 86.9 Å². The van der Waals surface area contributed by atoms with Gasteiger partial charge in [-0.1, -0.05) is 15.9 Å². The number of hydrogen-bond donors (Lipinski definition) is 1. The molecule has 1 N–H and O–H groups in total. The highest BCUT2D eigenvalue weighted by atomic mass is 79.9. The van der Waals surface area contributed by atoms with Gasteiger partial charge in [0.05, 0.1) is 5.92 Å². The van der Waals surface area contributed by atoms with Gasteiger partial charge in [-0.05, 0) is 13.8 Å². The molecule has 0 rings (SSSR count). The fourth-order valence-corrected chi connectivity index (χ4v) is 1.31. The highest BCUT2D eigenvalue weighted by Crippen LogP contribution is 2.29. The zero-order chi connectivity index (χ0) is 9.94. The average molecular weight is 304 g/mol. The molecule has 2 atom stereocenters. The summed E-state index contributed by atoms with van der Waals surface area (Å²) in [6.45, 7) is 2.86. The smallest absolute Gasteiger partial charge is 0.334 e. The Morgan fingerprint density at radius 1 is 1.58 bits per heavy atom. The molecule has 0 heterocycles. The van der Waals surface area contributed by atoms with Gasteiger partial charge in [-0.2, -0.15) is 0 Å². The third-order valence-corrected chi connectivity index (χ3v) is 2.96. The fraction of sp³-hybridized carbons (Fsp3) is 0.667. The van der Waals surface area contributed by atoms with E-state index in [0.29, 0.717) is 0 Å². The number of carboxylic acid groups (broad SMARTS) is 1. The molecule has 70 valence electrons. The Morgan fingerprint density at radius 3 is 2.25 bits per heavy atom. The number of carboxylic acids is 1. The molecule has 0 aromatic carbocycles. The first kappa shape index (κ1) is 11.9. The van der Waals surface area contributed by atoms with Gasteiger partial charge >= 0.3 is 11.9 Å². The third-order valence-electron chi connectivity index (χ3n) is 1.65. The molecular weight excluding hydrogens is 296 g/mol. The maximum absolute atomic E-state index is 11.0. The number of alkyl halides is 1. The van der Waals surface area contributed by atoms with Crippen LogP contribution in [0.2, 0.25) is 0 Å². The second-order valence-corrected chi connectivity index (χ2v) is 4.47. The van der Waals surface area contributed by atoms with Crippen molar-refractivity contribution in [3.63, 3.8) is 0 Å². The van der Waals surface area contributed by atoms with Crippen molar-refractivity contribution in [2.24, 2.45) is 5.92 Å². The largest absolute Gasteiger partial charge is 0.481 e. The molecule has 0 aliphatic rings. The average Bonchev–Trinajstić information content (AvgIpc) is 2.01. The summed E-state index contributed by atoms with van der Waals surface area (Å²) in [5.74, 6) is -2.59. The number of carbonyl (C=O) groups is 2. The zero-order valence-corrected chi connectivity index (χ0v) is 9.68. The van der Waals surface area contributed by atoms with Crippen molar-refractivity contribution in [1.82, 2.24) is 0 Å². The van der Waals surface area contributed by atoms with Crippen molar-refractivity contribution >= 4 is 44.1 Å². The molecule has 0 aromatic heterocycles. The van der Waals surface area contributed by atoms with Crippen LogP contribution in [0.25, 0.3) is 0 Å². The van der Waals surface area contributed by atoms with Crippen LogP contribution in [0.5, 0.6) is 0 Å². The molecule has 6 heteroatoms. The number of halogens is 2. The van der Waals surface area contributed by atoms with Gasteiger partial charge in [-0.3, -0.25) is 4.79 Å². The number of aliphatic carboxylic acids is 1. The maximum Gasteiger partial charge on any atom is 0.334 e. The summed E-state index contributed by atoms with van der Waals surface area (Å²) >= 11 is 5.48. The van der Waals surface area contributed by atoms with Crippen molar-refractivity contribution in [1.29, 1.82) is 0 Å². The van der Waals surface area contributed by atoms with E-state index in [1.165, 1.54) is 13.8 Å². The number of rotatable bonds is 3.